The summed E-state index contributed by atoms with van der Waals surface area (Å²) in [7, 11) is 0. The molecule has 1 N–H and O–H groups in total. The van der Waals surface area contributed by atoms with Gasteiger partial charge in [-0.15, -0.1) is 0 Å². The van der Waals surface area contributed by atoms with E-state index in [-0.39, 0.29) is 13.2 Å². The van der Waals surface area contributed by atoms with Crippen LogP contribution in [-0.4, -0.2) is 71.8 Å². The summed E-state index contributed by atoms with van der Waals surface area (Å²) >= 11 is 0. The van der Waals surface area contributed by atoms with Crippen LogP contribution in [0.1, 0.15) is 42.3 Å². The monoisotopic (exact) mass is 974 g/mol. The molecule has 17 nitrogen and oxygen atoms in total. The van der Waals surface area contributed by atoms with Gasteiger partial charge in [-0.2, -0.15) is 15.0 Å². The largest absolute Gasteiger partial charge is 0.487 e. The van der Waals surface area contributed by atoms with Crippen LogP contribution in [0.4, 0.5) is 0 Å². The van der Waals surface area contributed by atoms with Gasteiger partial charge in [0, 0.05) is 11.1 Å². The van der Waals surface area contributed by atoms with Gasteiger partial charge in [-0.3, -0.25) is 18.6 Å². The van der Waals surface area contributed by atoms with Crippen LogP contribution >= 0.6 is 0 Å². The van der Waals surface area contributed by atoms with Crippen LogP contribution in [0.3, 0.4) is 0 Å². The first-order valence-electron chi connectivity index (χ1n) is 23.6. The lowest BCUT2D eigenvalue weighted by molar-refractivity contribution is 0.0410. The van der Waals surface area contributed by atoms with Gasteiger partial charge in [0.25, 0.3) is 17.9 Å². The summed E-state index contributed by atoms with van der Waals surface area (Å²) in [5.41, 5.74) is 10.8. The molecule has 73 heavy (non-hydrogen) atoms. The van der Waals surface area contributed by atoms with Gasteiger partial charge < -0.3 is 28.2 Å². The number of rotatable bonds is 16. The number of aromatic amines is 1. The van der Waals surface area contributed by atoms with Crippen LogP contribution in [0.2, 0.25) is 0 Å². The van der Waals surface area contributed by atoms with Gasteiger partial charge in [0.2, 0.25) is 5.82 Å². The van der Waals surface area contributed by atoms with E-state index in [0.29, 0.717) is 101 Å². The second-order valence-corrected chi connectivity index (χ2v) is 17.0. The Morgan fingerprint density at radius 2 is 1.23 bits per heavy atom. The SMILES string of the molecule is C=C1COC(C)=C(COC(=O)c2cccc3nc(OCC)n(Cc4ccc(-c5ccccc5-c5noc(-c6cccc7nc(OCC)n(Cc8ccc(-c9ccccc9-c9noc(=O)[nH]9)cc8)c67)n5)cc4)c23)O1. The summed E-state index contributed by atoms with van der Waals surface area (Å²) in [6.07, 6.45) is 0. The standard InChI is InChI=1S/C56H46N8O9/c1-5-67-54-57-45-19-11-17-43(48(45)63(54)29-35-21-27-38(28-22-35)40-14-8-10-16-42(40)51-60-56(66)73-62-51)52-59-50(61-72-52)41-15-9-7-13-39(41)37-25-23-36(24-26-37)30-64-49-44(18-12-20-46(49)58-55(64)68-6-2)53(65)70-32-47-34(4)69-31-33(3)71-47/h7-28H,3,5-6,29-32H2,1-2,4H3,(H,60,62,66). The van der Waals surface area contributed by atoms with Gasteiger partial charge in [0.05, 0.1) is 59.5 Å². The molecule has 0 radical (unpaired) electrons. The Morgan fingerprint density at radius 3 is 1.86 bits per heavy atom. The number of ether oxygens (including phenoxy) is 5. The van der Waals surface area contributed by atoms with Crippen molar-refractivity contribution in [2.75, 3.05) is 26.4 Å². The maximum atomic E-state index is 13.7. The maximum Gasteiger partial charge on any atom is 0.439 e. The van der Waals surface area contributed by atoms with Crippen LogP contribution < -0.4 is 15.2 Å². The number of hydrogen-bond acceptors (Lipinski definition) is 14. The first-order chi connectivity index (χ1) is 35.7. The molecule has 0 amide bonds. The van der Waals surface area contributed by atoms with Crippen molar-refractivity contribution in [2.45, 2.75) is 33.9 Å². The molecule has 10 aromatic rings. The van der Waals surface area contributed by atoms with Crippen LogP contribution in [0.25, 0.3) is 78.6 Å². The second-order valence-electron chi connectivity index (χ2n) is 17.0. The average Bonchev–Trinajstić information content (AvgIpc) is 4.23. The van der Waals surface area contributed by atoms with E-state index in [9.17, 15) is 9.59 Å². The first kappa shape index (κ1) is 45.9. The van der Waals surface area contributed by atoms with Gasteiger partial charge in [0.15, 0.2) is 18.2 Å². The number of carbonyl (C=O) groups is 1. The fourth-order valence-corrected chi connectivity index (χ4v) is 8.93. The van der Waals surface area contributed by atoms with Gasteiger partial charge in [-0.25, -0.2) is 9.59 Å². The fraction of sp³-hybridized carbons (Fsp3) is 0.161. The number of allylic oxidation sites excluding steroid dienone is 1. The molecular weight excluding hydrogens is 929 g/mol. The van der Waals surface area contributed by atoms with Gasteiger partial charge in [-0.05, 0) is 78.4 Å². The van der Waals surface area contributed by atoms with Crippen molar-refractivity contribution in [2.24, 2.45) is 0 Å². The molecule has 11 rings (SSSR count). The highest BCUT2D eigenvalue weighted by Crippen LogP contribution is 2.37. The van der Waals surface area contributed by atoms with Crippen molar-refractivity contribution >= 4 is 28.0 Å². The number of fused-ring (bicyclic) bond motifs is 2. The number of nitrogens with zero attached hydrogens (tertiary/aromatic N) is 7. The quantitative estimate of drug-likeness (QED) is 0.0898. The molecule has 0 atom stereocenters. The fourth-order valence-electron chi connectivity index (χ4n) is 8.93. The summed E-state index contributed by atoms with van der Waals surface area (Å²) < 4.78 is 43.9. The molecule has 6 aromatic carbocycles. The predicted octanol–water partition coefficient (Wildman–Crippen LogP) is 10.6. The van der Waals surface area contributed by atoms with E-state index in [2.05, 4.69) is 21.9 Å². The molecule has 4 aromatic heterocycles. The Kier molecular flexibility index (Phi) is 12.4. The smallest absolute Gasteiger partial charge is 0.439 e. The highest BCUT2D eigenvalue weighted by atomic mass is 16.6. The first-order valence-corrected chi connectivity index (χ1v) is 23.6. The third-order valence-corrected chi connectivity index (χ3v) is 12.3. The number of benzene rings is 6. The Bertz CT molecular complexity index is 3790. The highest BCUT2D eigenvalue weighted by molar-refractivity contribution is 6.02. The molecule has 0 saturated heterocycles. The Hall–Kier alpha value is -9.51. The summed E-state index contributed by atoms with van der Waals surface area (Å²) in [6.45, 7) is 11.1. The molecule has 0 unspecified atom stereocenters. The van der Waals surface area contributed by atoms with Crippen molar-refractivity contribution in [1.82, 2.24) is 39.4 Å². The van der Waals surface area contributed by atoms with Gasteiger partial charge in [-0.1, -0.05) is 126 Å². The van der Waals surface area contributed by atoms with Crippen molar-refractivity contribution in [1.29, 1.82) is 0 Å². The zero-order valence-corrected chi connectivity index (χ0v) is 40.0. The minimum Gasteiger partial charge on any atom is -0.487 e. The molecule has 0 saturated carbocycles. The molecule has 5 heterocycles. The maximum absolute atomic E-state index is 13.7. The molecule has 0 bridgehead atoms. The molecule has 0 fully saturated rings. The molecule has 364 valence electrons. The van der Waals surface area contributed by atoms with E-state index >= 15 is 0 Å². The van der Waals surface area contributed by atoms with E-state index in [4.69, 9.17) is 47.7 Å². The predicted molar refractivity (Wildman–Crippen MR) is 271 cm³/mol. The van der Waals surface area contributed by atoms with Crippen molar-refractivity contribution < 1.29 is 37.5 Å². The highest BCUT2D eigenvalue weighted by Gasteiger charge is 2.25. The number of esters is 1. The molecular formula is C56H46N8O9. The minimum atomic E-state index is -0.616. The number of H-pyrrole nitrogens is 1. The molecule has 0 aliphatic carbocycles. The summed E-state index contributed by atoms with van der Waals surface area (Å²) in [5.74, 6) is 1.29. The Morgan fingerprint density at radius 1 is 0.658 bits per heavy atom. The normalized spacial score (nSPS) is 12.6. The second kappa shape index (κ2) is 19.7. The topological polar surface area (TPSA) is 197 Å². The minimum absolute atomic E-state index is 0.119. The summed E-state index contributed by atoms with van der Waals surface area (Å²) in [4.78, 5) is 42.7. The van der Waals surface area contributed by atoms with Crippen LogP contribution in [0.5, 0.6) is 12.0 Å². The average molecular weight is 975 g/mol. The van der Waals surface area contributed by atoms with Crippen LogP contribution in [0.15, 0.2) is 171 Å². The number of carbonyl (C=O) groups excluding carboxylic acids is 1. The molecule has 17 heteroatoms. The molecule has 1 aliphatic rings. The number of aromatic nitrogens is 8. The lowest BCUT2D eigenvalue weighted by Gasteiger charge is -2.21. The molecule has 1 aliphatic heterocycles. The Balaban J connectivity index is 0.862. The van der Waals surface area contributed by atoms with Crippen molar-refractivity contribution in [3.05, 3.63) is 185 Å². The summed E-state index contributed by atoms with van der Waals surface area (Å²) in [6, 6.07) is 43.8. The van der Waals surface area contributed by atoms with Crippen LogP contribution in [-0.2, 0) is 27.3 Å². The third kappa shape index (κ3) is 9.10. The number of hydrogen-bond donors (Lipinski definition) is 1. The lowest BCUT2D eigenvalue weighted by Crippen LogP contribution is -2.17. The third-order valence-electron chi connectivity index (χ3n) is 12.3. The van der Waals surface area contributed by atoms with E-state index in [1.54, 1.807) is 19.1 Å². The lowest BCUT2D eigenvalue weighted by atomic mass is 9.98. The van der Waals surface area contributed by atoms with E-state index < -0.39 is 11.7 Å². The zero-order chi connectivity index (χ0) is 50.0. The van der Waals surface area contributed by atoms with E-state index in [0.717, 1.165) is 50.0 Å². The molecule has 0 spiro atoms. The van der Waals surface area contributed by atoms with E-state index in [1.165, 1.54) is 0 Å². The zero-order valence-electron chi connectivity index (χ0n) is 40.0. The van der Waals surface area contributed by atoms with Crippen molar-refractivity contribution in [3.8, 4) is 68.5 Å². The number of nitrogens with one attached hydrogen (secondary N) is 1. The van der Waals surface area contributed by atoms with Crippen molar-refractivity contribution in [3.63, 3.8) is 0 Å². The summed E-state index contributed by atoms with van der Waals surface area (Å²) in [5, 5.41) is 8.42. The number of imidazole rings is 2. The Labute approximate surface area is 416 Å². The van der Waals surface area contributed by atoms with Gasteiger partial charge in [0.1, 0.15) is 18.1 Å². The number of para-hydroxylation sites is 2. The van der Waals surface area contributed by atoms with E-state index in [1.807, 2.05) is 144 Å². The van der Waals surface area contributed by atoms with Crippen LogP contribution in [0, 0.1) is 0 Å². The van der Waals surface area contributed by atoms with Gasteiger partial charge >= 0.3 is 11.7 Å².